The van der Waals surface area contributed by atoms with Crippen LogP contribution in [0.15, 0.2) is 23.0 Å². The van der Waals surface area contributed by atoms with Crippen molar-refractivity contribution in [2.24, 2.45) is 7.05 Å². The van der Waals surface area contributed by atoms with Crippen molar-refractivity contribution in [1.82, 2.24) is 14.8 Å². The molecule has 2 aromatic heterocycles. The van der Waals surface area contributed by atoms with Crippen LogP contribution in [0.5, 0.6) is 5.75 Å². The molecule has 1 aromatic carbocycles. The number of halogens is 5. The topological polar surface area (TPSA) is 70.9 Å². The van der Waals surface area contributed by atoms with E-state index < -0.39 is 34.3 Å². The van der Waals surface area contributed by atoms with Gasteiger partial charge in [0, 0.05) is 17.6 Å². The number of rotatable bonds is 1. The lowest BCUT2D eigenvalue weighted by atomic mass is 10.1. The summed E-state index contributed by atoms with van der Waals surface area (Å²) in [5.41, 5.74) is -3.60. The van der Waals surface area contributed by atoms with E-state index in [4.69, 9.17) is 11.6 Å². The van der Waals surface area contributed by atoms with E-state index in [1.807, 2.05) is 0 Å². The second-order valence-electron chi connectivity index (χ2n) is 5.00. The number of nitrogens with zero attached hydrogens (tertiary/aromatic N) is 2. The number of nitrogens with one attached hydrogen (secondary N) is 1. The molecule has 0 unspecified atom stereocenters. The van der Waals surface area contributed by atoms with Crippen molar-refractivity contribution in [2.45, 2.75) is 6.18 Å². The molecule has 0 bridgehead atoms. The summed E-state index contributed by atoms with van der Waals surface area (Å²) in [5, 5.41) is 12.5. The van der Waals surface area contributed by atoms with Gasteiger partial charge in [-0.1, -0.05) is 11.6 Å². The summed E-state index contributed by atoms with van der Waals surface area (Å²) < 4.78 is 53.8. The van der Waals surface area contributed by atoms with Crippen LogP contribution in [0.25, 0.3) is 22.3 Å². The molecule has 5 nitrogen and oxygen atoms in total. The lowest BCUT2D eigenvalue weighted by Crippen LogP contribution is -2.12. The van der Waals surface area contributed by atoms with Gasteiger partial charge in [0.2, 0.25) is 5.43 Å². The molecule has 0 spiro atoms. The number of alkyl halides is 3. The first-order valence-corrected chi connectivity index (χ1v) is 6.83. The zero-order chi connectivity index (χ0) is 17.8. The first-order chi connectivity index (χ1) is 11.1. The first kappa shape index (κ1) is 16.3. The highest BCUT2D eigenvalue weighted by Gasteiger charge is 2.38. The molecule has 2 heterocycles. The molecule has 24 heavy (non-hydrogen) atoms. The van der Waals surface area contributed by atoms with E-state index in [1.165, 1.54) is 19.2 Å². The monoisotopic (exact) mass is 361 g/mol. The third-order valence-electron chi connectivity index (χ3n) is 3.44. The second kappa shape index (κ2) is 5.23. The number of aryl methyl sites for hydroxylation is 1. The highest BCUT2D eigenvalue weighted by Crippen LogP contribution is 2.35. The van der Waals surface area contributed by atoms with E-state index in [-0.39, 0.29) is 21.9 Å². The Morgan fingerprint density at radius 1 is 1.33 bits per heavy atom. The Balaban J connectivity index is 2.40. The fraction of sp³-hybridized carbons (Fsp3) is 0.143. The number of aromatic amines is 1. The Kier molecular flexibility index (Phi) is 3.56. The smallest absolute Gasteiger partial charge is 0.435 e. The maximum absolute atomic E-state index is 14.0. The molecule has 3 rings (SSSR count). The molecule has 0 radical (unpaired) electrons. The quantitative estimate of drug-likeness (QED) is 0.652. The predicted molar refractivity (Wildman–Crippen MR) is 78.4 cm³/mol. The largest absolute Gasteiger partial charge is 0.503 e. The SMILES string of the molecule is Cn1nc(C(F)(F)F)c2c(=O)c(O)c(-c3ccc(Cl)cc3F)[nH]c21. The molecule has 0 amide bonds. The second-order valence-corrected chi connectivity index (χ2v) is 5.43. The van der Waals surface area contributed by atoms with Crippen LogP contribution in [0.4, 0.5) is 17.6 Å². The van der Waals surface area contributed by atoms with Crippen LogP contribution in [0, 0.1) is 5.82 Å². The Hall–Kier alpha value is -2.55. The number of pyridine rings is 1. The number of fused-ring (bicyclic) bond motifs is 1. The summed E-state index contributed by atoms with van der Waals surface area (Å²) in [7, 11) is 1.19. The molecule has 0 saturated heterocycles. The summed E-state index contributed by atoms with van der Waals surface area (Å²) in [6.45, 7) is 0. The number of aromatic hydroxyl groups is 1. The Morgan fingerprint density at radius 2 is 2.00 bits per heavy atom. The van der Waals surface area contributed by atoms with Crippen LogP contribution in [0.2, 0.25) is 5.02 Å². The molecule has 0 aliphatic rings. The van der Waals surface area contributed by atoms with Crippen molar-refractivity contribution >= 4 is 22.6 Å². The van der Waals surface area contributed by atoms with E-state index in [2.05, 4.69) is 10.1 Å². The zero-order valence-corrected chi connectivity index (χ0v) is 12.6. The lowest BCUT2D eigenvalue weighted by Gasteiger charge is -2.08. The minimum atomic E-state index is -4.88. The summed E-state index contributed by atoms with van der Waals surface area (Å²) >= 11 is 5.64. The standard InChI is InChI=1S/C14H8ClF4N3O2/c1-22-13-8(12(21-22)14(17,18)19)10(23)11(24)9(20-13)6-3-2-5(15)4-7(6)16/h2-4,24H,1H3,(H,20,23). The van der Waals surface area contributed by atoms with Gasteiger partial charge in [-0.2, -0.15) is 18.3 Å². The molecule has 0 aliphatic heterocycles. The van der Waals surface area contributed by atoms with Gasteiger partial charge in [-0.05, 0) is 18.2 Å². The third kappa shape index (κ3) is 2.41. The van der Waals surface area contributed by atoms with E-state index in [0.29, 0.717) is 0 Å². The Morgan fingerprint density at radius 3 is 2.58 bits per heavy atom. The highest BCUT2D eigenvalue weighted by molar-refractivity contribution is 6.30. The Labute approximate surface area is 136 Å². The fourth-order valence-electron chi connectivity index (χ4n) is 2.38. The van der Waals surface area contributed by atoms with Gasteiger partial charge >= 0.3 is 6.18 Å². The van der Waals surface area contributed by atoms with Crippen LogP contribution in [-0.4, -0.2) is 19.9 Å². The van der Waals surface area contributed by atoms with Gasteiger partial charge < -0.3 is 10.1 Å². The van der Waals surface area contributed by atoms with Crippen molar-refractivity contribution in [3.05, 3.63) is 45.0 Å². The number of aromatic nitrogens is 3. The van der Waals surface area contributed by atoms with Gasteiger partial charge in [-0.15, -0.1) is 0 Å². The summed E-state index contributed by atoms with van der Waals surface area (Å²) in [5.74, 6) is -1.90. The fourth-order valence-corrected chi connectivity index (χ4v) is 2.54. The van der Waals surface area contributed by atoms with Crippen molar-refractivity contribution < 1.29 is 22.7 Å². The van der Waals surface area contributed by atoms with Gasteiger partial charge in [0.25, 0.3) is 0 Å². The van der Waals surface area contributed by atoms with Gasteiger partial charge in [0.15, 0.2) is 11.4 Å². The van der Waals surface area contributed by atoms with Crippen LogP contribution >= 0.6 is 11.6 Å². The first-order valence-electron chi connectivity index (χ1n) is 6.46. The van der Waals surface area contributed by atoms with Crippen LogP contribution in [0.1, 0.15) is 5.69 Å². The summed E-state index contributed by atoms with van der Waals surface area (Å²) in [6.07, 6.45) is -4.88. The zero-order valence-electron chi connectivity index (χ0n) is 11.9. The maximum Gasteiger partial charge on any atom is 0.435 e. The molecule has 0 atom stereocenters. The molecule has 0 aliphatic carbocycles. The summed E-state index contributed by atoms with van der Waals surface area (Å²) in [4.78, 5) is 14.7. The van der Waals surface area contributed by atoms with Gasteiger partial charge in [-0.25, -0.2) is 4.39 Å². The molecular formula is C14H8ClF4N3O2. The average molecular weight is 362 g/mol. The van der Waals surface area contributed by atoms with Crippen LogP contribution < -0.4 is 5.43 Å². The average Bonchev–Trinajstić information content (AvgIpc) is 2.81. The third-order valence-corrected chi connectivity index (χ3v) is 3.67. The van der Waals surface area contributed by atoms with E-state index in [0.717, 1.165) is 10.7 Å². The number of H-pyrrole nitrogens is 1. The minimum Gasteiger partial charge on any atom is -0.503 e. The van der Waals surface area contributed by atoms with Crippen molar-refractivity contribution in [3.63, 3.8) is 0 Å². The van der Waals surface area contributed by atoms with Gasteiger partial charge in [0.05, 0.1) is 5.69 Å². The Bertz CT molecular complexity index is 1020. The molecule has 0 fully saturated rings. The van der Waals surface area contributed by atoms with Gasteiger partial charge in [-0.3, -0.25) is 9.48 Å². The maximum atomic E-state index is 14.0. The number of hydrogen-bond acceptors (Lipinski definition) is 3. The van der Waals surface area contributed by atoms with E-state index in [9.17, 15) is 27.5 Å². The molecule has 10 heteroatoms. The van der Waals surface area contributed by atoms with Crippen LogP contribution in [-0.2, 0) is 13.2 Å². The number of benzene rings is 1. The van der Waals surface area contributed by atoms with Crippen molar-refractivity contribution in [3.8, 4) is 17.0 Å². The molecule has 0 saturated carbocycles. The van der Waals surface area contributed by atoms with E-state index >= 15 is 0 Å². The predicted octanol–water partition coefficient (Wildman–Crippen LogP) is 3.45. The molecular weight excluding hydrogens is 354 g/mol. The van der Waals surface area contributed by atoms with Crippen molar-refractivity contribution in [2.75, 3.05) is 0 Å². The molecule has 126 valence electrons. The molecule has 2 N–H and O–H groups in total. The normalized spacial score (nSPS) is 12.1. The lowest BCUT2D eigenvalue weighted by molar-refractivity contribution is -0.140. The number of hydrogen-bond donors (Lipinski definition) is 2. The van der Waals surface area contributed by atoms with Crippen LogP contribution in [0.3, 0.4) is 0 Å². The minimum absolute atomic E-state index is 0.0825. The van der Waals surface area contributed by atoms with Crippen molar-refractivity contribution in [1.29, 1.82) is 0 Å². The summed E-state index contributed by atoms with van der Waals surface area (Å²) in [6, 6.07) is 3.45. The highest BCUT2D eigenvalue weighted by atomic mass is 35.5. The van der Waals surface area contributed by atoms with E-state index in [1.54, 1.807) is 0 Å². The molecule has 3 aromatic rings. The van der Waals surface area contributed by atoms with Gasteiger partial charge in [0.1, 0.15) is 16.9 Å².